The Morgan fingerprint density at radius 3 is 2.54 bits per heavy atom. The van der Waals surface area contributed by atoms with Crippen molar-refractivity contribution in [1.29, 1.82) is 0 Å². The third kappa shape index (κ3) is 4.59. The average molecular weight is 412 g/mol. The fourth-order valence-corrected chi connectivity index (χ4v) is 4.49. The van der Waals surface area contributed by atoms with Gasteiger partial charge in [0.2, 0.25) is 10.0 Å². The Morgan fingerprint density at radius 1 is 1.25 bits per heavy atom. The molecule has 0 radical (unpaired) electrons. The first-order chi connectivity index (χ1) is 13.4. The molecule has 9 heteroatoms. The molecule has 0 aromatic heterocycles. The van der Waals surface area contributed by atoms with Crippen molar-refractivity contribution in [2.24, 2.45) is 5.92 Å². The van der Waals surface area contributed by atoms with Crippen LogP contribution < -0.4 is 24.8 Å². The van der Waals surface area contributed by atoms with Crippen molar-refractivity contribution < 1.29 is 22.7 Å². The van der Waals surface area contributed by atoms with Gasteiger partial charge in [-0.15, -0.1) is 0 Å². The molecule has 3 rings (SSSR count). The van der Waals surface area contributed by atoms with Crippen LogP contribution in [0, 0.1) is 5.92 Å². The first-order valence-corrected chi connectivity index (χ1v) is 11.1. The van der Waals surface area contributed by atoms with Gasteiger partial charge in [0.05, 0.1) is 24.7 Å². The third-order valence-corrected chi connectivity index (χ3v) is 6.85. The predicted molar refractivity (Wildman–Crippen MR) is 105 cm³/mol. The molecule has 1 aliphatic carbocycles. The molecule has 0 bridgehead atoms. The highest BCUT2D eigenvalue weighted by atomic mass is 32.2. The monoisotopic (exact) mass is 411 g/mol. The number of rotatable bonds is 9. The van der Waals surface area contributed by atoms with Gasteiger partial charge in [0.1, 0.15) is 0 Å². The molecule has 1 aromatic carbocycles. The molecule has 1 saturated heterocycles. The second-order valence-electron chi connectivity index (χ2n) is 7.38. The number of carbonyl (C=O) groups excluding carboxylic acids is 1. The van der Waals surface area contributed by atoms with Crippen LogP contribution in [0.4, 0.5) is 0 Å². The minimum absolute atomic E-state index is 0.00256. The maximum atomic E-state index is 13.1. The van der Waals surface area contributed by atoms with Crippen molar-refractivity contribution in [3.63, 3.8) is 0 Å². The molecular formula is C19H29N3O5S. The van der Waals surface area contributed by atoms with E-state index in [4.69, 9.17) is 9.47 Å². The van der Waals surface area contributed by atoms with Crippen LogP contribution in [0.15, 0.2) is 17.0 Å². The second kappa shape index (κ2) is 8.67. The highest BCUT2D eigenvalue weighted by Crippen LogP contribution is 2.36. The topological polar surface area (TPSA) is 106 Å². The molecule has 1 aromatic rings. The average Bonchev–Trinajstić information content (AvgIpc) is 3.34. The lowest BCUT2D eigenvalue weighted by Crippen LogP contribution is -2.47. The quantitative estimate of drug-likeness (QED) is 0.565. The Balaban J connectivity index is 1.92. The van der Waals surface area contributed by atoms with Crippen LogP contribution in [0.5, 0.6) is 11.5 Å². The minimum atomic E-state index is -3.74. The molecule has 1 saturated carbocycles. The Morgan fingerprint density at radius 2 is 2.00 bits per heavy atom. The van der Waals surface area contributed by atoms with Gasteiger partial charge in [0.15, 0.2) is 11.5 Å². The van der Waals surface area contributed by atoms with Gasteiger partial charge in [-0.1, -0.05) is 12.8 Å². The number of hydrogen-bond donors (Lipinski definition) is 3. The SMILES string of the molecule is CNS(=O)(=O)c1cc(OC)c(OC)c(C(=O)NC(CC2CC2)C2CCCN2)c1. The third-order valence-electron chi connectivity index (χ3n) is 5.46. The van der Waals surface area contributed by atoms with Crippen molar-refractivity contribution in [2.45, 2.75) is 49.1 Å². The van der Waals surface area contributed by atoms with Crippen LogP contribution in [0.1, 0.15) is 42.5 Å². The summed E-state index contributed by atoms with van der Waals surface area (Å²) in [6, 6.07) is 2.92. The van der Waals surface area contributed by atoms with E-state index in [1.807, 2.05) is 0 Å². The van der Waals surface area contributed by atoms with Crippen molar-refractivity contribution >= 4 is 15.9 Å². The summed E-state index contributed by atoms with van der Waals surface area (Å²) >= 11 is 0. The van der Waals surface area contributed by atoms with E-state index < -0.39 is 10.0 Å². The Labute approximate surface area is 166 Å². The molecule has 3 N–H and O–H groups in total. The summed E-state index contributed by atoms with van der Waals surface area (Å²) in [4.78, 5) is 13.1. The smallest absolute Gasteiger partial charge is 0.255 e. The number of benzene rings is 1. The van der Waals surface area contributed by atoms with Crippen LogP contribution in [0.2, 0.25) is 0 Å². The molecule has 1 amide bonds. The standard InChI is InChI=1S/C19H29N3O5S/c1-20-28(24,25)13-10-14(18(27-3)17(11-13)26-2)19(23)22-16(9-12-6-7-12)15-5-4-8-21-15/h10-12,15-16,20-21H,4-9H2,1-3H3,(H,22,23). The summed E-state index contributed by atoms with van der Waals surface area (Å²) < 4.78 is 37.5. The summed E-state index contributed by atoms with van der Waals surface area (Å²) in [6.45, 7) is 0.953. The van der Waals surface area contributed by atoms with Gasteiger partial charge < -0.3 is 20.1 Å². The first kappa shape index (κ1) is 20.9. The predicted octanol–water partition coefficient (Wildman–Crippen LogP) is 1.26. The number of hydrogen-bond acceptors (Lipinski definition) is 6. The lowest BCUT2D eigenvalue weighted by Gasteiger charge is -2.26. The van der Waals surface area contributed by atoms with Crippen molar-refractivity contribution in [3.8, 4) is 11.5 Å². The van der Waals surface area contributed by atoms with E-state index in [9.17, 15) is 13.2 Å². The maximum Gasteiger partial charge on any atom is 0.255 e. The van der Waals surface area contributed by atoms with Crippen LogP contribution in [0.25, 0.3) is 0 Å². The van der Waals surface area contributed by atoms with E-state index in [0.29, 0.717) is 5.92 Å². The summed E-state index contributed by atoms with van der Waals surface area (Å²) in [5.41, 5.74) is 0.148. The first-order valence-electron chi connectivity index (χ1n) is 9.63. The van der Waals surface area contributed by atoms with E-state index in [2.05, 4.69) is 15.4 Å². The van der Waals surface area contributed by atoms with Crippen LogP contribution in [-0.2, 0) is 10.0 Å². The van der Waals surface area contributed by atoms with Crippen molar-refractivity contribution in [1.82, 2.24) is 15.4 Å². The Hall–Kier alpha value is -1.84. The Kier molecular flexibility index (Phi) is 6.47. The number of nitrogens with one attached hydrogen (secondary N) is 3. The molecule has 156 valence electrons. The molecule has 1 aliphatic heterocycles. The summed E-state index contributed by atoms with van der Waals surface area (Å²) in [6.07, 6.45) is 5.44. The Bertz CT molecular complexity index is 817. The molecular weight excluding hydrogens is 382 g/mol. The van der Waals surface area contributed by atoms with E-state index >= 15 is 0 Å². The molecule has 2 unspecified atom stereocenters. The molecule has 1 heterocycles. The van der Waals surface area contributed by atoms with Crippen molar-refractivity contribution in [3.05, 3.63) is 17.7 Å². The summed E-state index contributed by atoms with van der Waals surface area (Å²) in [5, 5.41) is 6.58. The zero-order chi connectivity index (χ0) is 20.3. The maximum absolute atomic E-state index is 13.1. The van der Waals surface area contributed by atoms with E-state index in [1.54, 1.807) is 0 Å². The van der Waals surface area contributed by atoms with E-state index in [0.717, 1.165) is 25.8 Å². The second-order valence-corrected chi connectivity index (χ2v) is 9.26. The van der Waals surface area contributed by atoms with E-state index in [-0.39, 0.29) is 39.9 Å². The normalized spacial score (nSPS) is 20.6. The lowest BCUT2D eigenvalue weighted by molar-refractivity contribution is 0.0921. The van der Waals surface area contributed by atoms with Gasteiger partial charge in [-0.05, 0) is 44.8 Å². The summed E-state index contributed by atoms with van der Waals surface area (Å²) in [7, 11) is 0.422. The van der Waals surface area contributed by atoms with Gasteiger partial charge in [0.25, 0.3) is 5.91 Å². The van der Waals surface area contributed by atoms with Gasteiger partial charge in [-0.25, -0.2) is 13.1 Å². The van der Waals surface area contributed by atoms with Gasteiger partial charge in [-0.2, -0.15) is 0 Å². The number of methoxy groups -OCH3 is 2. The fraction of sp³-hybridized carbons (Fsp3) is 0.632. The largest absolute Gasteiger partial charge is 0.493 e. The van der Waals surface area contributed by atoms with Crippen LogP contribution in [0.3, 0.4) is 0 Å². The molecule has 8 nitrogen and oxygen atoms in total. The molecule has 2 fully saturated rings. The van der Waals surface area contributed by atoms with Crippen LogP contribution >= 0.6 is 0 Å². The van der Waals surface area contributed by atoms with Gasteiger partial charge >= 0.3 is 0 Å². The number of sulfonamides is 1. The number of carbonyl (C=O) groups is 1. The van der Waals surface area contributed by atoms with Crippen molar-refractivity contribution in [2.75, 3.05) is 27.8 Å². The van der Waals surface area contributed by atoms with E-state index in [1.165, 1.54) is 46.2 Å². The van der Waals surface area contributed by atoms with Gasteiger partial charge in [0, 0.05) is 18.2 Å². The molecule has 2 atom stereocenters. The fourth-order valence-electron chi connectivity index (χ4n) is 3.72. The molecule has 0 spiro atoms. The zero-order valence-electron chi connectivity index (χ0n) is 16.6. The summed E-state index contributed by atoms with van der Waals surface area (Å²) in [5.74, 6) is 0.712. The van der Waals surface area contributed by atoms with Crippen LogP contribution in [-0.4, -0.2) is 54.2 Å². The molecule has 28 heavy (non-hydrogen) atoms. The number of amides is 1. The number of ether oxygens (including phenoxy) is 2. The lowest BCUT2D eigenvalue weighted by atomic mass is 9.99. The highest BCUT2D eigenvalue weighted by Gasteiger charge is 2.33. The molecule has 2 aliphatic rings. The zero-order valence-corrected chi connectivity index (χ0v) is 17.4. The highest BCUT2D eigenvalue weighted by molar-refractivity contribution is 7.89. The van der Waals surface area contributed by atoms with Gasteiger partial charge in [-0.3, -0.25) is 4.79 Å². The minimum Gasteiger partial charge on any atom is -0.493 e.